The highest BCUT2D eigenvalue weighted by Gasteiger charge is 2.21. The number of phenols is 6. The first-order valence-corrected chi connectivity index (χ1v) is 18.8. The van der Waals surface area contributed by atoms with Gasteiger partial charge in [0.25, 0.3) is 0 Å². The molecule has 0 spiro atoms. The number of aryl methyl sites for hydroxylation is 6. The van der Waals surface area contributed by atoms with E-state index in [1.54, 1.807) is 12.1 Å². The second-order valence-electron chi connectivity index (χ2n) is 15.6. The molecule has 6 aromatic carbocycles. The van der Waals surface area contributed by atoms with Gasteiger partial charge in [-0.1, -0.05) is 82.9 Å². The van der Waals surface area contributed by atoms with Crippen LogP contribution in [0.5, 0.6) is 34.5 Å². The molecule has 284 valence electrons. The summed E-state index contributed by atoms with van der Waals surface area (Å²) in [5.74, 6) is 1.08. The van der Waals surface area contributed by atoms with Crippen molar-refractivity contribution in [1.29, 1.82) is 0 Å². The summed E-state index contributed by atoms with van der Waals surface area (Å²) in [6.07, 6.45) is 1.94. The van der Waals surface area contributed by atoms with Crippen molar-refractivity contribution >= 4 is 0 Å². The summed E-state index contributed by atoms with van der Waals surface area (Å²) in [5.41, 5.74) is 15.2. The van der Waals surface area contributed by atoms with E-state index in [-0.39, 0.29) is 34.5 Å². The van der Waals surface area contributed by atoms with Gasteiger partial charge < -0.3 is 30.6 Å². The van der Waals surface area contributed by atoms with Gasteiger partial charge in [0.1, 0.15) is 34.5 Å². The van der Waals surface area contributed by atoms with Crippen LogP contribution in [0.3, 0.4) is 0 Å². The minimum absolute atomic E-state index is 0.154. The molecule has 0 saturated heterocycles. The van der Waals surface area contributed by atoms with E-state index < -0.39 is 0 Å². The Morgan fingerprint density at radius 2 is 0.618 bits per heavy atom. The molecule has 0 bridgehead atoms. The predicted molar refractivity (Wildman–Crippen MR) is 221 cm³/mol. The van der Waals surface area contributed by atoms with E-state index in [1.807, 2.05) is 116 Å². The lowest BCUT2D eigenvalue weighted by Gasteiger charge is -2.21. The van der Waals surface area contributed by atoms with Gasteiger partial charge in [0.2, 0.25) is 0 Å². The normalized spacial score (nSPS) is 11.3. The van der Waals surface area contributed by atoms with Crippen LogP contribution in [0.1, 0.15) is 100 Å². The SMILES string of the molecule is Cc1ccc(O)c(Cc2cc(C)cc(Cc3c(C)c(Cc4cc(C)c(O)c(Cc5cc(C)cc(Cc6cc(C)ccc6O)c5O)c4C)cc(C)c3O)c2O)c1. The van der Waals surface area contributed by atoms with Crippen LogP contribution in [0.25, 0.3) is 0 Å². The molecule has 0 heterocycles. The van der Waals surface area contributed by atoms with Crippen LogP contribution in [0.15, 0.2) is 72.8 Å². The molecule has 0 aliphatic heterocycles. The molecule has 0 unspecified atom stereocenters. The third-order valence-corrected chi connectivity index (χ3v) is 11.1. The summed E-state index contributed by atoms with van der Waals surface area (Å²) in [7, 11) is 0. The Hall–Kier alpha value is -5.88. The molecule has 0 saturated carbocycles. The molecule has 6 nitrogen and oxygen atoms in total. The van der Waals surface area contributed by atoms with Gasteiger partial charge in [-0.3, -0.25) is 0 Å². The van der Waals surface area contributed by atoms with Gasteiger partial charge in [0, 0.05) is 36.8 Å². The molecule has 6 aromatic rings. The molecule has 55 heavy (non-hydrogen) atoms. The summed E-state index contributed by atoms with van der Waals surface area (Å²) < 4.78 is 0. The van der Waals surface area contributed by atoms with Crippen LogP contribution in [0.4, 0.5) is 0 Å². The van der Waals surface area contributed by atoms with Crippen molar-refractivity contribution < 1.29 is 30.6 Å². The highest BCUT2D eigenvalue weighted by Crippen LogP contribution is 2.39. The van der Waals surface area contributed by atoms with Crippen LogP contribution in [-0.4, -0.2) is 30.6 Å². The van der Waals surface area contributed by atoms with Crippen LogP contribution < -0.4 is 0 Å². The minimum atomic E-state index is 0.154. The van der Waals surface area contributed by atoms with E-state index in [0.29, 0.717) is 54.4 Å². The summed E-state index contributed by atoms with van der Waals surface area (Å²) in [6, 6.07) is 22.7. The molecule has 0 aromatic heterocycles. The van der Waals surface area contributed by atoms with Crippen molar-refractivity contribution in [2.24, 2.45) is 0 Å². The number of hydrogen-bond donors (Lipinski definition) is 6. The van der Waals surface area contributed by atoms with Gasteiger partial charge in [-0.25, -0.2) is 0 Å². The molecule has 0 aliphatic carbocycles. The standard InChI is InChI=1S/C49H52O6/c1-26-9-11-44(50)36(13-26)22-38-15-28(3)17-40(48(38)54)24-42-32(7)34(19-30(5)46(42)52)21-35-20-31(6)47(53)43(33(35)8)25-41-18-29(4)16-39(49(41)55)23-37-14-27(2)10-12-45(37)51/h9-20,50-55H,21-25H2,1-8H3. The molecule has 0 radical (unpaired) electrons. The maximum absolute atomic E-state index is 11.5. The van der Waals surface area contributed by atoms with Crippen LogP contribution >= 0.6 is 0 Å². The third-order valence-electron chi connectivity index (χ3n) is 11.1. The lowest BCUT2D eigenvalue weighted by atomic mass is 9.86. The van der Waals surface area contributed by atoms with Crippen LogP contribution in [-0.2, 0) is 32.1 Å². The van der Waals surface area contributed by atoms with E-state index in [0.717, 1.165) is 77.9 Å². The Labute approximate surface area is 324 Å². The fourth-order valence-corrected chi connectivity index (χ4v) is 8.01. The largest absolute Gasteiger partial charge is 0.508 e. The summed E-state index contributed by atoms with van der Waals surface area (Å²) >= 11 is 0. The highest BCUT2D eigenvalue weighted by atomic mass is 16.3. The maximum Gasteiger partial charge on any atom is 0.122 e. The van der Waals surface area contributed by atoms with E-state index >= 15 is 0 Å². The van der Waals surface area contributed by atoms with Crippen molar-refractivity contribution in [3.8, 4) is 34.5 Å². The summed E-state index contributed by atoms with van der Waals surface area (Å²) in [6.45, 7) is 15.7. The molecule has 0 fully saturated rings. The molecule has 6 rings (SSSR count). The lowest BCUT2D eigenvalue weighted by molar-refractivity contribution is 0.454. The smallest absolute Gasteiger partial charge is 0.122 e. The zero-order valence-electron chi connectivity index (χ0n) is 33.1. The van der Waals surface area contributed by atoms with Crippen LogP contribution in [0.2, 0.25) is 0 Å². The zero-order chi connectivity index (χ0) is 39.9. The predicted octanol–water partition coefficient (Wildman–Crippen LogP) is 10.3. The molecule has 0 atom stereocenters. The average molecular weight is 737 g/mol. The molecule has 6 N–H and O–H groups in total. The first-order chi connectivity index (χ1) is 26.0. The minimum Gasteiger partial charge on any atom is -0.508 e. The number of hydrogen-bond acceptors (Lipinski definition) is 6. The van der Waals surface area contributed by atoms with Crippen molar-refractivity contribution in [3.05, 3.63) is 173 Å². The number of phenolic OH excluding ortho intramolecular Hbond substituents is 6. The molecular weight excluding hydrogens is 685 g/mol. The second-order valence-corrected chi connectivity index (χ2v) is 15.6. The summed E-state index contributed by atoms with van der Waals surface area (Å²) in [5, 5.41) is 66.9. The maximum atomic E-state index is 11.5. The Morgan fingerprint density at radius 3 is 0.982 bits per heavy atom. The molecular formula is C49H52O6. The fraction of sp³-hybridized carbons (Fsp3) is 0.265. The Kier molecular flexibility index (Phi) is 10.9. The Bertz CT molecular complexity index is 2280. The average Bonchev–Trinajstić information content (AvgIpc) is 3.13. The number of benzene rings is 6. The Morgan fingerprint density at radius 1 is 0.309 bits per heavy atom. The van der Waals surface area contributed by atoms with E-state index in [4.69, 9.17) is 0 Å². The Balaban J connectivity index is 1.33. The first-order valence-electron chi connectivity index (χ1n) is 18.8. The van der Waals surface area contributed by atoms with E-state index in [1.165, 1.54) is 0 Å². The van der Waals surface area contributed by atoms with E-state index in [9.17, 15) is 30.6 Å². The van der Waals surface area contributed by atoms with Gasteiger partial charge >= 0.3 is 0 Å². The van der Waals surface area contributed by atoms with Gasteiger partial charge in [0.15, 0.2) is 0 Å². The molecule has 6 heteroatoms. The molecule has 0 aliphatic rings. The number of rotatable bonds is 10. The first kappa shape index (κ1) is 38.8. The second kappa shape index (κ2) is 15.5. The van der Waals surface area contributed by atoms with Gasteiger partial charge in [0.05, 0.1) is 0 Å². The van der Waals surface area contributed by atoms with E-state index in [2.05, 4.69) is 0 Å². The van der Waals surface area contributed by atoms with Gasteiger partial charge in [-0.2, -0.15) is 0 Å². The monoisotopic (exact) mass is 736 g/mol. The summed E-state index contributed by atoms with van der Waals surface area (Å²) in [4.78, 5) is 0. The molecule has 0 amide bonds. The highest BCUT2D eigenvalue weighted by molar-refractivity contribution is 5.59. The van der Waals surface area contributed by atoms with Gasteiger partial charge in [-0.15, -0.1) is 0 Å². The third kappa shape index (κ3) is 8.14. The van der Waals surface area contributed by atoms with Crippen molar-refractivity contribution in [1.82, 2.24) is 0 Å². The van der Waals surface area contributed by atoms with Crippen LogP contribution in [0, 0.1) is 55.4 Å². The van der Waals surface area contributed by atoms with Gasteiger partial charge in [-0.05, 0) is 141 Å². The van der Waals surface area contributed by atoms with Crippen molar-refractivity contribution in [3.63, 3.8) is 0 Å². The van der Waals surface area contributed by atoms with Crippen molar-refractivity contribution in [2.45, 2.75) is 87.5 Å². The zero-order valence-corrected chi connectivity index (χ0v) is 33.1. The topological polar surface area (TPSA) is 121 Å². The quantitative estimate of drug-likeness (QED) is 0.0833. The lowest BCUT2D eigenvalue weighted by Crippen LogP contribution is -2.05. The number of aromatic hydroxyl groups is 6. The fourth-order valence-electron chi connectivity index (χ4n) is 8.01. The van der Waals surface area contributed by atoms with Crippen molar-refractivity contribution in [2.75, 3.05) is 0 Å².